The fourth-order valence-corrected chi connectivity index (χ4v) is 2.84. The molecule has 0 aromatic carbocycles. The highest BCUT2D eigenvalue weighted by molar-refractivity contribution is 5.04. The molecule has 2 rings (SSSR count). The molecule has 0 spiro atoms. The molecule has 1 N–H and O–H groups in total. The summed E-state index contributed by atoms with van der Waals surface area (Å²) in [5.74, 6) is 0.469. The monoisotopic (exact) mass is 276 g/mol. The minimum atomic E-state index is -4.42. The van der Waals surface area contributed by atoms with E-state index < -0.39 is 18.0 Å². The third-order valence-electron chi connectivity index (χ3n) is 3.83. The summed E-state index contributed by atoms with van der Waals surface area (Å²) in [6, 6.07) is 0.636. The van der Waals surface area contributed by atoms with E-state index in [-0.39, 0.29) is 6.04 Å². The first-order valence-corrected chi connectivity index (χ1v) is 6.72. The van der Waals surface area contributed by atoms with E-state index in [0.717, 1.165) is 25.3 Å². The zero-order valence-electron chi connectivity index (χ0n) is 10.9. The lowest BCUT2D eigenvalue weighted by atomic mass is 9.81. The Labute approximate surface area is 110 Å². The molecule has 0 bridgehead atoms. The van der Waals surface area contributed by atoms with Crippen molar-refractivity contribution < 1.29 is 18.3 Å². The Morgan fingerprint density at radius 2 is 2.16 bits per heavy atom. The van der Waals surface area contributed by atoms with Gasteiger partial charge in [0.15, 0.2) is 5.69 Å². The number of aromatic nitrogens is 2. The number of hydrogen-bond acceptors (Lipinski definition) is 2. The first kappa shape index (κ1) is 14.4. The van der Waals surface area contributed by atoms with Crippen molar-refractivity contribution in [3.05, 3.63) is 18.0 Å². The molecule has 0 radical (unpaired) electrons. The third-order valence-corrected chi connectivity index (χ3v) is 3.83. The van der Waals surface area contributed by atoms with E-state index in [2.05, 4.69) is 12.0 Å². The average molecular weight is 276 g/mol. The molecule has 1 aromatic rings. The number of halogens is 3. The van der Waals surface area contributed by atoms with Gasteiger partial charge in [0.05, 0.1) is 12.1 Å². The molecule has 1 aliphatic carbocycles. The molecule has 0 amide bonds. The molecule has 6 heteroatoms. The van der Waals surface area contributed by atoms with Crippen LogP contribution < -0.4 is 0 Å². The highest BCUT2D eigenvalue weighted by atomic mass is 19.4. The summed E-state index contributed by atoms with van der Waals surface area (Å²) < 4.78 is 38.9. The molecule has 19 heavy (non-hydrogen) atoms. The molecular weight excluding hydrogens is 257 g/mol. The van der Waals surface area contributed by atoms with Gasteiger partial charge >= 0.3 is 6.18 Å². The molecule has 3 unspecified atom stereocenters. The maximum absolute atomic E-state index is 12.5. The van der Waals surface area contributed by atoms with Crippen molar-refractivity contribution in [2.24, 2.45) is 5.92 Å². The molecule has 1 aliphatic rings. The van der Waals surface area contributed by atoms with Gasteiger partial charge in [0.25, 0.3) is 0 Å². The molecule has 108 valence electrons. The van der Waals surface area contributed by atoms with Crippen molar-refractivity contribution in [3.63, 3.8) is 0 Å². The lowest BCUT2D eigenvalue weighted by Crippen LogP contribution is -2.32. The first-order valence-electron chi connectivity index (χ1n) is 6.72. The van der Waals surface area contributed by atoms with Crippen molar-refractivity contribution >= 4 is 0 Å². The standard InChI is InChI=1S/C13H19F3N2O/c1-2-3-9-4-5-11(19)10(8-9)18-7-6-12(17-18)13(14,15)16/h6-7,9-11,19H,2-5,8H2,1H3. The molecule has 1 aromatic heterocycles. The van der Waals surface area contributed by atoms with Crippen LogP contribution in [-0.2, 0) is 6.18 Å². The summed E-state index contributed by atoms with van der Waals surface area (Å²) in [6.07, 6.45) is 0.688. The second-order valence-electron chi connectivity index (χ2n) is 5.28. The van der Waals surface area contributed by atoms with Crippen molar-refractivity contribution in [2.45, 2.75) is 57.3 Å². The van der Waals surface area contributed by atoms with Gasteiger partial charge in [-0.15, -0.1) is 0 Å². The van der Waals surface area contributed by atoms with Crippen molar-refractivity contribution in [1.29, 1.82) is 0 Å². The van der Waals surface area contributed by atoms with Crippen LogP contribution in [0.1, 0.15) is 50.8 Å². The molecule has 1 heterocycles. The van der Waals surface area contributed by atoms with Gasteiger partial charge in [-0.05, 0) is 31.2 Å². The Kier molecular flexibility index (Phi) is 4.18. The quantitative estimate of drug-likeness (QED) is 0.918. The van der Waals surface area contributed by atoms with Gasteiger partial charge in [-0.3, -0.25) is 4.68 Å². The number of hydrogen-bond donors (Lipinski definition) is 1. The van der Waals surface area contributed by atoms with Gasteiger partial charge in [0, 0.05) is 6.20 Å². The van der Waals surface area contributed by atoms with Gasteiger partial charge in [0.1, 0.15) is 0 Å². The SMILES string of the molecule is CCCC1CCC(O)C(n2ccc(C(F)(F)F)n2)C1. The highest BCUT2D eigenvalue weighted by Crippen LogP contribution is 2.36. The topological polar surface area (TPSA) is 38.0 Å². The Morgan fingerprint density at radius 1 is 1.42 bits per heavy atom. The van der Waals surface area contributed by atoms with Crippen molar-refractivity contribution in [2.75, 3.05) is 0 Å². The second kappa shape index (κ2) is 5.53. The Balaban J connectivity index is 2.12. The predicted octanol–water partition coefficient (Wildman–Crippen LogP) is 3.40. The minimum Gasteiger partial charge on any atom is -0.391 e. The molecular formula is C13H19F3N2O. The van der Waals surface area contributed by atoms with E-state index >= 15 is 0 Å². The number of nitrogens with zero attached hydrogens (tertiary/aromatic N) is 2. The van der Waals surface area contributed by atoms with Crippen molar-refractivity contribution in [1.82, 2.24) is 9.78 Å². The highest BCUT2D eigenvalue weighted by Gasteiger charge is 2.36. The Bertz CT molecular complexity index is 416. The predicted molar refractivity (Wildman–Crippen MR) is 64.5 cm³/mol. The maximum Gasteiger partial charge on any atom is 0.435 e. The number of aliphatic hydroxyl groups is 1. The van der Waals surface area contributed by atoms with E-state index in [1.807, 2.05) is 0 Å². The van der Waals surface area contributed by atoms with E-state index in [1.54, 1.807) is 0 Å². The van der Waals surface area contributed by atoms with Crippen molar-refractivity contribution in [3.8, 4) is 0 Å². The lowest BCUT2D eigenvalue weighted by molar-refractivity contribution is -0.141. The minimum absolute atomic E-state index is 0.332. The van der Waals surface area contributed by atoms with Gasteiger partial charge in [-0.2, -0.15) is 18.3 Å². The summed E-state index contributed by atoms with van der Waals surface area (Å²) in [4.78, 5) is 0. The van der Waals surface area contributed by atoms with E-state index in [9.17, 15) is 18.3 Å². The maximum atomic E-state index is 12.5. The van der Waals surface area contributed by atoms with Crippen LogP contribution in [0.15, 0.2) is 12.3 Å². The fourth-order valence-electron chi connectivity index (χ4n) is 2.84. The van der Waals surface area contributed by atoms with Crippen LogP contribution in [0.25, 0.3) is 0 Å². The molecule has 0 saturated heterocycles. The van der Waals surface area contributed by atoms with Crippen LogP contribution in [0.3, 0.4) is 0 Å². The van der Waals surface area contributed by atoms with E-state index in [1.165, 1.54) is 10.9 Å². The number of aliphatic hydroxyl groups excluding tert-OH is 1. The zero-order chi connectivity index (χ0) is 14.0. The lowest BCUT2D eigenvalue weighted by Gasteiger charge is -2.33. The molecule has 0 aliphatic heterocycles. The smallest absolute Gasteiger partial charge is 0.391 e. The zero-order valence-corrected chi connectivity index (χ0v) is 10.9. The Hall–Kier alpha value is -1.04. The third kappa shape index (κ3) is 3.29. The first-order chi connectivity index (χ1) is 8.91. The summed E-state index contributed by atoms with van der Waals surface area (Å²) in [7, 11) is 0. The summed E-state index contributed by atoms with van der Waals surface area (Å²) in [6.45, 7) is 2.09. The van der Waals surface area contributed by atoms with Gasteiger partial charge in [-0.25, -0.2) is 0 Å². The molecule has 3 atom stereocenters. The van der Waals surface area contributed by atoms with Gasteiger partial charge in [0.2, 0.25) is 0 Å². The average Bonchev–Trinajstić information content (AvgIpc) is 2.81. The fraction of sp³-hybridized carbons (Fsp3) is 0.769. The Morgan fingerprint density at radius 3 is 2.74 bits per heavy atom. The molecule has 1 fully saturated rings. The molecule has 3 nitrogen and oxygen atoms in total. The molecule has 1 saturated carbocycles. The summed E-state index contributed by atoms with van der Waals surface area (Å²) in [5.41, 5.74) is -0.891. The second-order valence-corrected chi connectivity index (χ2v) is 5.28. The van der Waals surface area contributed by atoms with Crippen LogP contribution in [0, 0.1) is 5.92 Å². The van der Waals surface area contributed by atoms with Crippen LogP contribution in [0.4, 0.5) is 13.2 Å². The summed E-state index contributed by atoms with van der Waals surface area (Å²) >= 11 is 0. The van der Waals surface area contributed by atoms with Gasteiger partial charge < -0.3 is 5.11 Å². The van der Waals surface area contributed by atoms with E-state index in [0.29, 0.717) is 18.8 Å². The van der Waals surface area contributed by atoms with Crippen LogP contribution in [-0.4, -0.2) is 21.0 Å². The van der Waals surface area contributed by atoms with Crippen LogP contribution in [0.2, 0.25) is 0 Å². The van der Waals surface area contributed by atoms with Crippen LogP contribution in [0.5, 0.6) is 0 Å². The summed E-state index contributed by atoms with van der Waals surface area (Å²) in [5, 5.41) is 13.6. The van der Waals surface area contributed by atoms with E-state index in [4.69, 9.17) is 0 Å². The van der Waals surface area contributed by atoms with Crippen LogP contribution >= 0.6 is 0 Å². The number of alkyl halides is 3. The normalized spacial score (nSPS) is 28.6. The largest absolute Gasteiger partial charge is 0.435 e. The van der Waals surface area contributed by atoms with Gasteiger partial charge in [-0.1, -0.05) is 19.8 Å². The number of rotatable bonds is 3.